The van der Waals surface area contributed by atoms with Gasteiger partial charge in [-0.05, 0) is 31.9 Å². The molecule has 0 radical (unpaired) electrons. The number of hydrogen-bond acceptors (Lipinski definition) is 6. The summed E-state index contributed by atoms with van der Waals surface area (Å²) in [6.45, 7) is 4.34. The zero-order chi connectivity index (χ0) is 25.2. The van der Waals surface area contributed by atoms with Crippen LogP contribution in [0.4, 0.5) is 20.2 Å². The number of ether oxygens (including phenoxy) is 1. The van der Waals surface area contributed by atoms with Crippen molar-refractivity contribution in [2.24, 2.45) is 5.92 Å². The lowest BCUT2D eigenvalue weighted by molar-refractivity contribution is -0.142. The highest BCUT2D eigenvalue weighted by atomic mass is 79.9. The van der Waals surface area contributed by atoms with Crippen molar-refractivity contribution in [1.29, 1.82) is 0 Å². The van der Waals surface area contributed by atoms with Crippen molar-refractivity contribution < 1.29 is 23.1 Å². The van der Waals surface area contributed by atoms with Crippen molar-refractivity contribution in [3.63, 3.8) is 0 Å². The Bertz CT molecular complexity index is 950. The molecule has 0 aliphatic carbocycles. The minimum atomic E-state index is -2.86. The molecule has 194 valence electrons. The van der Waals surface area contributed by atoms with Crippen LogP contribution >= 0.6 is 15.9 Å². The molecule has 0 unspecified atom stereocenters. The third kappa shape index (κ3) is 6.24. The molecule has 35 heavy (non-hydrogen) atoms. The molecule has 8 nitrogen and oxygen atoms in total. The normalized spacial score (nSPS) is 26.8. The van der Waals surface area contributed by atoms with E-state index in [2.05, 4.69) is 31.9 Å². The van der Waals surface area contributed by atoms with E-state index >= 15 is 0 Å². The maximum absolute atomic E-state index is 13.9. The molecule has 0 saturated carbocycles. The van der Waals surface area contributed by atoms with Gasteiger partial charge < -0.3 is 30.5 Å². The summed E-state index contributed by atoms with van der Waals surface area (Å²) >= 11 is 3.52. The highest BCUT2D eigenvalue weighted by Crippen LogP contribution is 2.34. The van der Waals surface area contributed by atoms with Crippen LogP contribution in [0, 0.1) is 5.92 Å². The highest BCUT2D eigenvalue weighted by molar-refractivity contribution is 9.10. The van der Waals surface area contributed by atoms with Crippen LogP contribution in [0.2, 0.25) is 0 Å². The lowest BCUT2D eigenvalue weighted by Crippen LogP contribution is -2.53. The molecule has 3 atom stereocenters. The number of nitrogens with zero attached hydrogens (tertiary/aromatic N) is 2. The Morgan fingerprint density at radius 1 is 1.23 bits per heavy atom. The third-order valence-electron chi connectivity index (χ3n) is 6.88. The molecule has 1 aromatic rings. The second kappa shape index (κ2) is 11.0. The zero-order valence-electron chi connectivity index (χ0n) is 20.2. The summed E-state index contributed by atoms with van der Waals surface area (Å²) in [7, 11) is 1.80. The van der Waals surface area contributed by atoms with Crippen molar-refractivity contribution in [2.75, 3.05) is 63.6 Å². The van der Waals surface area contributed by atoms with Gasteiger partial charge in [-0.1, -0.05) is 15.9 Å². The van der Waals surface area contributed by atoms with Crippen molar-refractivity contribution in [3.05, 3.63) is 22.2 Å². The average Bonchev–Trinajstić information content (AvgIpc) is 2.83. The lowest BCUT2D eigenvalue weighted by atomic mass is 9.94. The number of alkyl halides is 2. The van der Waals surface area contributed by atoms with Crippen molar-refractivity contribution in [2.45, 2.75) is 44.3 Å². The number of carbonyl (C=O) groups excluding carboxylic acids is 2. The van der Waals surface area contributed by atoms with Crippen LogP contribution in [0.3, 0.4) is 0 Å². The number of carbonyl (C=O) groups is 2. The number of morpholine rings is 1. The van der Waals surface area contributed by atoms with E-state index in [1.807, 2.05) is 19.1 Å². The second-order valence-electron chi connectivity index (χ2n) is 9.71. The van der Waals surface area contributed by atoms with Crippen molar-refractivity contribution in [3.8, 4) is 0 Å². The molecule has 3 N–H and O–H groups in total. The van der Waals surface area contributed by atoms with E-state index in [9.17, 15) is 18.4 Å². The van der Waals surface area contributed by atoms with E-state index in [0.717, 1.165) is 23.0 Å². The van der Waals surface area contributed by atoms with Crippen LogP contribution < -0.4 is 16.0 Å². The third-order valence-corrected chi connectivity index (χ3v) is 7.34. The molecule has 0 bridgehead atoms. The molecule has 11 heteroatoms. The highest BCUT2D eigenvalue weighted by Gasteiger charge is 2.41. The first-order chi connectivity index (χ1) is 16.7. The van der Waals surface area contributed by atoms with E-state index < -0.39 is 18.3 Å². The predicted octanol–water partition coefficient (Wildman–Crippen LogP) is 3.00. The Kier molecular flexibility index (Phi) is 8.17. The molecule has 3 fully saturated rings. The quantitative estimate of drug-likeness (QED) is 0.516. The number of anilines is 2. The van der Waals surface area contributed by atoms with Crippen LogP contribution in [0.25, 0.3) is 0 Å². The number of likely N-dealkylation sites (tertiary alicyclic amines) is 1. The number of halogens is 3. The van der Waals surface area contributed by atoms with Gasteiger partial charge in [0.1, 0.15) is 0 Å². The Hall–Kier alpha value is -1.98. The standard InChI is InChI=1S/C24H34BrF2N5O3/c1-15-12-32(6-7-35-15)23(34)19-8-17(25)9-20(28-2)21(19)30-18-4-3-5-31(13-18)22(33)16-10-24(26,27)14-29-11-16/h8-9,15-16,18,28-30H,3-7,10-14H2,1-2H3/t15-,16-,18-/m1/s1. The molecule has 2 amide bonds. The number of amides is 2. The van der Waals surface area contributed by atoms with Gasteiger partial charge in [0, 0.05) is 56.7 Å². The van der Waals surface area contributed by atoms with E-state index in [-0.39, 0.29) is 37.0 Å². The Balaban J connectivity index is 1.52. The number of nitrogens with one attached hydrogen (secondary N) is 3. The molecule has 0 aromatic heterocycles. The molecule has 0 spiro atoms. The fourth-order valence-corrected chi connectivity index (χ4v) is 5.63. The summed E-state index contributed by atoms with van der Waals surface area (Å²) in [4.78, 5) is 30.1. The van der Waals surface area contributed by atoms with Crippen molar-refractivity contribution >= 4 is 39.1 Å². The molecular weight excluding hydrogens is 524 g/mol. The van der Waals surface area contributed by atoms with E-state index in [0.29, 0.717) is 44.0 Å². The van der Waals surface area contributed by atoms with Crippen LogP contribution in [0.15, 0.2) is 16.6 Å². The minimum Gasteiger partial charge on any atom is -0.386 e. The summed E-state index contributed by atoms with van der Waals surface area (Å²) in [6, 6.07) is 3.61. The van der Waals surface area contributed by atoms with Gasteiger partial charge in [0.25, 0.3) is 11.8 Å². The average molecular weight is 558 g/mol. The Labute approximate surface area is 213 Å². The van der Waals surface area contributed by atoms with E-state index in [1.165, 1.54) is 0 Å². The SMILES string of the molecule is CNc1cc(Br)cc(C(=O)N2CCO[C@H](C)C2)c1N[C@@H]1CCCN(C(=O)[C@H]2CNCC(F)(F)C2)C1. The van der Waals surface area contributed by atoms with E-state index in [1.54, 1.807) is 16.8 Å². The first kappa shape index (κ1) is 26.1. The fraction of sp³-hybridized carbons (Fsp3) is 0.667. The minimum absolute atomic E-state index is 0.0281. The first-order valence-corrected chi connectivity index (χ1v) is 13.0. The van der Waals surface area contributed by atoms with Crippen LogP contribution in [-0.2, 0) is 9.53 Å². The maximum Gasteiger partial charge on any atom is 0.261 e. The maximum atomic E-state index is 13.9. The molecule has 1 aromatic carbocycles. The van der Waals surface area contributed by atoms with Gasteiger partial charge in [0.2, 0.25) is 5.91 Å². The molecule has 4 rings (SSSR count). The largest absolute Gasteiger partial charge is 0.386 e. The van der Waals surface area contributed by atoms with Gasteiger partial charge in [-0.15, -0.1) is 0 Å². The van der Waals surface area contributed by atoms with Gasteiger partial charge in [0.05, 0.1) is 42.1 Å². The van der Waals surface area contributed by atoms with E-state index in [4.69, 9.17) is 4.74 Å². The first-order valence-electron chi connectivity index (χ1n) is 12.2. The molecular formula is C24H34BrF2N5O3. The summed E-state index contributed by atoms with van der Waals surface area (Å²) in [5.74, 6) is -3.90. The molecule has 3 heterocycles. The fourth-order valence-electron chi connectivity index (χ4n) is 5.17. The van der Waals surface area contributed by atoms with Gasteiger partial charge in [-0.2, -0.15) is 0 Å². The summed E-state index contributed by atoms with van der Waals surface area (Å²) in [5, 5.41) is 9.37. The van der Waals surface area contributed by atoms with Crippen LogP contribution in [0.1, 0.15) is 36.5 Å². The van der Waals surface area contributed by atoms with Crippen LogP contribution in [0.5, 0.6) is 0 Å². The topological polar surface area (TPSA) is 85.9 Å². The molecule has 3 saturated heterocycles. The lowest BCUT2D eigenvalue weighted by Gasteiger charge is -2.38. The molecule has 3 aliphatic heterocycles. The smallest absolute Gasteiger partial charge is 0.261 e. The number of benzene rings is 1. The van der Waals surface area contributed by atoms with Gasteiger partial charge in [-0.3, -0.25) is 9.59 Å². The summed E-state index contributed by atoms with van der Waals surface area (Å²) in [6.07, 6.45) is 1.13. The summed E-state index contributed by atoms with van der Waals surface area (Å²) < 4.78 is 34.1. The van der Waals surface area contributed by atoms with Crippen LogP contribution in [-0.4, -0.2) is 92.6 Å². The second-order valence-corrected chi connectivity index (χ2v) is 10.6. The molecule has 3 aliphatic rings. The Morgan fingerprint density at radius 2 is 2.03 bits per heavy atom. The number of piperidine rings is 2. The Morgan fingerprint density at radius 3 is 2.74 bits per heavy atom. The monoisotopic (exact) mass is 557 g/mol. The van der Waals surface area contributed by atoms with Gasteiger partial charge in [0.15, 0.2) is 0 Å². The van der Waals surface area contributed by atoms with Gasteiger partial charge >= 0.3 is 0 Å². The number of rotatable bonds is 5. The zero-order valence-corrected chi connectivity index (χ0v) is 21.8. The van der Waals surface area contributed by atoms with Gasteiger partial charge in [-0.25, -0.2) is 8.78 Å². The van der Waals surface area contributed by atoms with Crippen molar-refractivity contribution in [1.82, 2.24) is 15.1 Å². The number of hydrogen-bond donors (Lipinski definition) is 3. The summed E-state index contributed by atoms with van der Waals surface area (Å²) in [5.41, 5.74) is 1.99. The predicted molar refractivity (Wildman–Crippen MR) is 134 cm³/mol.